The van der Waals surface area contributed by atoms with Crippen LogP contribution in [0.2, 0.25) is 0 Å². The maximum Gasteiger partial charge on any atom is 0.0337 e. The Morgan fingerprint density at radius 2 is 2.00 bits per heavy atom. The molecule has 0 spiro atoms. The van der Waals surface area contributed by atoms with Crippen molar-refractivity contribution >= 4 is 11.8 Å². The zero-order valence-electron chi connectivity index (χ0n) is 8.95. The van der Waals surface area contributed by atoms with E-state index in [1.165, 1.54) is 50.9 Å². The van der Waals surface area contributed by atoms with Crippen LogP contribution in [0.4, 0.5) is 0 Å². The summed E-state index contributed by atoms with van der Waals surface area (Å²) in [6.45, 7) is 3.44. The fraction of sp³-hybridized carbons (Fsp3) is 1.00. The molecule has 0 radical (unpaired) electrons. The van der Waals surface area contributed by atoms with Crippen LogP contribution in [0.3, 0.4) is 0 Å². The molecule has 2 N–H and O–H groups in total. The molecule has 0 aromatic heterocycles. The molecule has 0 bridgehead atoms. The Labute approximate surface area is 91.6 Å². The van der Waals surface area contributed by atoms with Gasteiger partial charge in [-0.2, -0.15) is 11.8 Å². The van der Waals surface area contributed by atoms with Crippen molar-refractivity contribution in [3.8, 4) is 0 Å². The molecule has 2 aliphatic heterocycles. The highest BCUT2D eigenvalue weighted by Gasteiger charge is 2.29. The first kappa shape index (κ1) is 10.8. The van der Waals surface area contributed by atoms with Crippen LogP contribution in [-0.2, 0) is 0 Å². The van der Waals surface area contributed by atoms with Crippen molar-refractivity contribution in [2.45, 2.75) is 43.4 Å². The Hall–Kier alpha value is 0.270. The second kappa shape index (κ2) is 5.38. The van der Waals surface area contributed by atoms with E-state index >= 15 is 0 Å². The first-order valence-electron chi connectivity index (χ1n) is 5.97. The fourth-order valence-electron chi connectivity index (χ4n) is 2.68. The summed E-state index contributed by atoms with van der Waals surface area (Å²) in [5.41, 5.74) is 5.93. The summed E-state index contributed by atoms with van der Waals surface area (Å²) in [4.78, 5) is 2.63. The molecule has 2 nitrogen and oxygen atoms in total. The van der Waals surface area contributed by atoms with E-state index in [9.17, 15) is 0 Å². The molecule has 0 aliphatic carbocycles. The van der Waals surface area contributed by atoms with Gasteiger partial charge in [0.2, 0.25) is 0 Å². The van der Waals surface area contributed by atoms with Gasteiger partial charge in [-0.1, -0.05) is 6.42 Å². The number of thioether (sulfide) groups is 1. The zero-order valence-corrected chi connectivity index (χ0v) is 9.77. The van der Waals surface area contributed by atoms with Crippen LogP contribution >= 0.6 is 11.8 Å². The molecule has 82 valence electrons. The van der Waals surface area contributed by atoms with Crippen LogP contribution in [0.1, 0.15) is 32.1 Å². The minimum atomic E-state index is 0.669. The second-order valence-corrected chi connectivity index (χ2v) is 5.80. The molecule has 0 aromatic carbocycles. The molecule has 2 rings (SSSR count). The average molecular weight is 214 g/mol. The topological polar surface area (TPSA) is 29.3 Å². The van der Waals surface area contributed by atoms with Crippen molar-refractivity contribution in [2.75, 3.05) is 25.4 Å². The molecule has 2 fully saturated rings. The molecule has 0 aromatic rings. The minimum absolute atomic E-state index is 0.669. The minimum Gasteiger partial charge on any atom is -0.329 e. The summed E-state index contributed by atoms with van der Waals surface area (Å²) < 4.78 is 0. The van der Waals surface area contributed by atoms with Crippen molar-refractivity contribution in [3.63, 3.8) is 0 Å². The Kier molecular flexibility index (Phi) is 4.14. The predicted octanol–water partition coefficient (Wildman–Crippen LogP) is 1.70. The Morgan fingerprint density at radius 3 is 2.57 bits per heavy atom. The molecule has 2 saturated heterocycles. The molecular weight excluding hydrogens is 192 g/mol. The fourth-order valence-corrected chi connectivity index (χ4v) is 4.19. The van der Waals surface area contributed by atoms with Gasteiger partial charge in [-0.25, -0.2) is 0 Å². The van der Waals surface area contributed by atoms with Crippen molar-refractivity contribution in [3.05, 3.63) is 0 Å². The molecular formula is C11H22N2S. The number of nitrogens with two attached hydrogens (primary N) is 1. The van der Waals surface area contributed by atoms with Gasteiger partial charge < -0.3 is 5.73 Å². The highest BCUT2D eigenvalue weighted by atomic mass is 32.2. The maximum absolute atomic E-state index is 5.93. The first-order chi connectivity index (χ1) is 6.92. The molecule has 14 heavy (non-hydrogen) atoms. The van der Waals surface area contributed by atoms with Crippen LogP contribution in [0.5, 0.6) is 0 Å². The molecule has 2 unspecified atom stereocenters. The Morgan fingerprint density at radius 1 is 1.21 bits per heavy atom. The zero-order chi connectivity index (χ0) is 9.80. The van der Waals surface area contributed by atoms with E-state index in [-0.39, 0.29) is 0 Å². The Balaban J connectivity index is 1.89. The van der Waals surface area contributed by atoms with E-state index < -0.39 is 0 Å². The molecule has 3 heteroatoms. The largest absolute Gasteiger partial charge is 0.329 e. The number of hydrogen-bond donors (Lipinski definition) is 1. The molecule has 2 atom stereocenters. The maximum atomic E-state index is 5.93. The monoisotopic (exact) mass is 214 g/mol. The van der Waals surface area contributed by atoms with E-state index in [0.29, 0.717) is 6.04 Å². The van der Waals surface area contributed by atoms with Gasteiger partial charge in [-0.15, -0.1) is 0 Å². The van der Waals surface area contributed by atoms with E-state index in [2.05, 4.69) is 16.7 Å². The normalized spacial score (nSPS) is 31.9. The van der Waals surface area contributed by atoms with Crippen molar-refractivity contribution in [2.24, 2.45) is 5.73 Å². The van der Waals surface area contributed by atoms with Crippen molar-refractivity contribution in [1.82, 2.24) is 4.90 Å². The quantitative estimate of drug-likeness (QED) is 0.775. The van der Waals surface area contributed by atoms with Gasteiger partial charge in [-0.05, 0) is 44.5 Å². The highest BCUT2D eigenvalue weighted by molar-refractivity contribution is 8.00. The van der Waals surface area contributed by atoms with Crippen molar-refractivity contribution < 1.29 is 0 Å². The third-order valence-corrected chi connectivity index (χ3v) is 5.00. The number of hydrogen-bond acceptors (Lipinski definition) is 3. The first-order valence-corrected chi connectivity index (χ1v) is 7.02. The van der Waals surface area contributed by atoms with Gasteiger partial charge in [0.15, 0.2) is 0 Å². The molecule has 2 heterocycles. The van der Waals surface area contributed by atoms with Gasteiger partial charge in [0.05, 0.1) is 0 Å². The van der Waals surface area contributed by atoms with E-state index in [4.69, 9.17) is 5.73 Å². The smallest absolute Gasteiger partial charge is 0.0337 e. The second-order valence-electron chi connectivity index (χ2n) is 4.45. The van der Waals surface area contributed by atoms with E-state index in [1.54, 1.807) is 0 Å². The average Bonchev–Trinajstić information content (AvgIpc) is 2.74. The lowest BCUT2D eigenvalue weighted by molar-refractivity contribution is 0.236. The summed E-state index contributed by atoms with van der Waals surface area (Å²) >= 11 is 2.16. The summed E-state index contributed by atoms with van der Waals surface area (Å²) in [7, 11) is 0. The van der Waals surface area contributed by atoms with Gasteiger partial charge in [-0.3, -0.25) is 4.90 Å². The summed E-state index contributed by atoms with van der Waals surface area (Å²) in [6.07, 6.45) is 6.99. The number of likely N-dealkylation sites (tertiary alicyclic amines) is 1. The molecule has 2 aliphatic rings. The SMILES string of the molecule is NCC(C1CCCCS1)N1CCCC1. The lowest BCUT2D eigenvalue weighted by atomic mass is 10.1. The van der Waals surface area contributed by atoms with Gasteiger partial charge in [0, 0.05) is 17.8 Å². The third kappa shape index (κ3) is 2.44. The van der Waals surface area contributed by atoms with E-state index in [0.717, 1.165) is 11.8 Å². The lowest BCUT2D eigenvalue weighted by Gasteiger charge is -2.35. The number of rotatable bonds is 3. The third-order valence-electron chi connectivity index (χ3n) is 3.50. The van der Waals surface area contributed by atoms with Crippen LogP contribution in [0.15, 0.2) is 0 Å². The lowest BCUT2D eigenvalue weighted by Crippen LogP contribution is -2.46. The predicted molar refractivity (Wildman–Crippen MR) is 63.7 cm³/mol. The summed E-state index contributed by atoms with van der Waals surface area (Å²) in [6, 6.07) is 0.669. The van der Waals surface area contributed by atoms with Crippen molar-refractivity contribution in [1.29, 1.82) is 0 Å². The van der Waals surface area contributed by atoms with Gasteiger partial charge in [0.25, 0.3) is 0 Å². The summed E-state index contributed by atoms with van der Waals surface area (Å²) in [5.74, 6) is 1.36. The molecule has 0 saturated carbocycles. The van der Waals surface area contributed by atoms with E-state index in [1.807, 2.05) is 0 Å². The standard InChI is InChI=1S/C11H22N2S/c12-9-10(13-6-2-3-7-13)11-5-1-4-8-14-11/h10-11H,1-9,12H2. The van der Waals surface area contributed by atoms with Crippen LogP contribution in [-0.4, -0.2) is 41.6 Å². The van der Waals surface area contributed by atoms with Crippen LogP contribution < -0.4 is 5.73 Å². The molecule has 0 amide bonds. The van der Waals surface area contributed by atoms with Gasteiger partial charge >= 0.3 is 0 Å². The van der Waals surface area contributed by atoms with Crippen LogP contribution in [0.25, 0.3) is 0 Å². The van der Waals surface area contributed by atoms with Crippen LogP contribution in [0, 0.1) is 0 Å². The summed E-state index contributed by atoms with van der Waals surface area (Å²) in [5, 5.41) is 0.826. The Bertz CT molecular complexity index is 163. The highest BCUT2D eigenvalue weighted by Crippen LogP contribution is 2.30. The van der Waals surface area contributed by atoms with Gasteiger partial charge in [0.1, 0.15) is 0 Å². The number of nitrogens with zero attached hydrogens (tertiary/aromatic N) is 1.